The first kappa shape index (κ1) is 71.2. The summed E-state index contributed by atoms with van der Waals surface area (Å²) in [4.78, 5) is 102. The Hall–Kier alpha value is -6.84. The Morgan fingerprint density at radius 2 is 0.487 bits per heavy atom. The lowest BCUT2D eigenvalue weighted by atomic mass is 9.81. The summed E-state index contributed by atoms with van der Waals surface area (Å²) in [6.45, 7) is 11.2. The highest BCUT2D eigenvalue weighted by Crippen LogP contribution is 2.38. The molecule has 4 aliphatic carbocycles. The van der Waals surface area contributed by atoms with Gasteiger partial charge in [0, 0.05) is 11.1 Å². The molecule has 0 radical (unpaired) electrons. The van der Waals surface area contributed by atoms with Crippen molar-refractivity contribution in [2.45, 2.75) is 213 Å². The highest BCUT2D eigenvalue weighted by Gasteiger charge is 2.46. The van der Waals surface area contributed by atoms with Crippen LogP contribution in [-0.2, 0) is 38.4 Å². The average molecular weight is 1070 g/mol. The van der Waals surface area contributed by atoms with Gasteiger partial charge in [-0.1, -0.05) is 170 Å². The van der Waals surface area contributed by atoms with E-state index in [9.17, 15) is 79.2 Å². The molecule has 16 nitrogen and oxygen atoms in total. The third kappa shape index (κ3) is 17.6. The Morgan fingerprint density at radius 1 is 0.289 bits per heavy atom. The largest absolute Gasteiger partial charge is 0.504 e. The van der Waals surface area contributed by atoms with Gasteiger partial charge in [-0.25, -0.2) is 0 Å². The third-order valence-corrected chi connectivity index (χ3v) is 12.8. The van der Waals surface area contributed by atoms with Crippen LogP contribution in [0.4, 0.5) is 0 Å². The van der Waals surface area contributed by atoms with E-state index in [1.165, 1.54) is 51.4 Å². The van der Waals surface area contributed by atoms with Gasteiger partial charge in [0.2, 0.25) is 46.3 Å². The quantitative estimate of drug-likeness (QED) is 0.0227. The van der Waals surface area contributed by atoms with Gasteiger partial charge in [-0.15, -0.1) is 0 Å². The molecule has 424 valence electrons. The Morgan fingerprint density at radius 3 is 0.711 bits per heavy atom. The SMILES string of the molecule is C.C.C.C.CC(C)=CCC1=C(O)C(=O)C(C2=C(O)C(=O)C(CC=C(C)C)=C(O)C2=O)=C(O)C1=O.CCCCCCCCCCCC1=C(O)C(=O)C(C2=C(O)C(=O)C(CCCCCCCCCCC)=C(O)C2=O)=C(O)C1=O. The molecule has 0 aliphatic heterocycles. The fourth-order valence-corrected chi connectivity index (χ4v) is 8.52. The van der Waals surface area contributed by atoms with Gasteiger partial charge in [0.25, 0.3) is 0 Å². The smallest absolute Gasteiger partial charge is 0.232 e. The number of hydrogen-bond donors (Lipinski definition) is 8. The molecule has 0 aromatic heterocycles. The summed E-state index contributed by atoms with van der Waals surface area (Å²) in [5.41, 5.74) is -3.69. The molecule has 0 atom stereocenters. The molecule has 0 unspecified atom stereocenters. The number of ketones is 8. The number of unbranched alkanes of at least 4 members (excludes halogenated alkanes) is 16. The number of Topliss-reactive ketones (excluding diaryl/α,β-unsaturated/α-hetero) is 8. The predicted molar refractivity (Wildman–Crippen MR) is 296 cm³/mol. The van der Waals surface area contributed by atoms with Crippen LogP contribution in [0, 0.1) is 0 Å². The number of allylic oxidation sites excluding steroid dienone is 12. The van der Waals surface area contributed by atoms with Crippen LogP contribution < -0.4 is 0 Å². The lowest BCUT2D eigenvalue weighted by Gasteiger charge is -2.22. The number of carbonyl (C=O) groups is 8. The predicted octanol–water partition coefficient (Wildman–Crippen LogP) is 14.2. The van der Waals surface area contributed by atoms with E-state index in [1.807, 2.05) is 0 Å². The van der Waals surface area contributed by atoms with Crippen molar-refractivity contribution < 1.29 is 79.2 Å². The van der Waals surface area contributed by atoms with Gasteiger partial charge in [-0.05, 0) is 66.2 Å². The normalized spacial score (nSPS) is 16.2. The summed E-state index contributed by atoms with van der Waals surface area (Å²) in [7, 11) is 0. The zero-order valence-corrected chi connectivity index (χ0v) is 42.6. The Bertz CT molecular complexity index is 2360. The maximum atomic E-state index is 13.0. The molecule has 0 fully saturated rings. The molecule has 0 aromatic rings. The van der Waals surface area contributed by atoms with Crippen molar-refractivity contribution in [2.75, 3.05) is 0 Å². The highest BCUT2D eigenvalue weighted by atomic mass is 16.3. The standard InChI is InChI=1S/C34H50O8.C22H22O8.4CH4/c1-3-5-7-9-11-13-15-17-19-21-23-27(35)31(39)25(32(40)28(23)36)26-33(41)29(37)24(30(38)34(26)42)22-20-18-16-14-12-10-8-6-4-2;1-9(2)5-7-11-15(23)19(27)13(20(28)16(11)24)14-21(29)17(25)12(8-6-10(3)4)18(26)22(14)30;;;;/h35,37,40,42H,3-22H2,1-2H3;5-6,23,25,28,30H,7-8H2,1-4H3;4*1H4. The second-order valence-corrected chi connectivity index (χ2v) is 19.0. The van der Waals surface area contributed by atoms with Crippen LogP contribution >= 0.6 is 0 Å². The molecule has 0 saturated heterocycles. The van der Waals surface area contributed by atoms with Crippen LogP contribution in [0.2, 0.25) is 0 Å². The lowest BCUT2D eigenvalue weighted by molar-refractivity contribution is -0.122. The van der Waals surface area contributed by atoms with Crippen LogP contribution in [0.1, 0.15) is 213 Å². The molecular formula is C60H88O16. The summed E-state index contributed by atoms with van der Waals surface area (Å²) in [5, 5.41) is 83.3. The fourth-order valence-electron chi connectivity index (χ4n) is 8.52. The Labute approximate surface area is 450 Å². The molecule has 0 aromatic carbocycles. The van der Waals surface area contributed by atoms with E-state index in [4.69, 9.17) is 0 Å². The van der Waals surface area contributed by atoms with Crippen LogP contribution in [0.3, 0.4) is 0 Å². The summed E-state index contributed by atoms with van der Waals surface area (Å²) in [5.74, 6) is -17.9. The van der Waals surface area contributed by atoms with Crippen LogP contribution in [0.15, 0.2) is 114 Å². The number of hydrogen-bond acceptors (Lipinski definition) is 16. The minimum absolute atomic E-state index is 0. The number of aliphatic hydroxyl groups excluding tert-OH is 8. The lowest BCUT2D eigenvalue weighted by Crippen LogP contribution is -2.32. The van der Waals surface area contributed by atoms with Gasteiger partial charge in [0.15, 0.2) is 46.1 Å². The van der Waals surface area contributed by atoms with Crippen molar-refractivity contribution in [3.05, 3.63) is 114 Å². The minimum Gasteiger partial charge on any atom is -0.504 e. The fraction of sp³-hybridized carbons (Fsp3) is 0.533. The number of rotatable bonds is 26. The molecule has 0 spiro atoms. The van der Waals surface area contributed by atoms with E-state index in [0.717, 1.165) is 62.5 Å². The van der Waals surface area contributed by atoms with Gasteiger partial charge in [0.1, 0.15) is 0 Å². The van der Waals surface area contributed by atoms with E-state index >= 15 is 0 Å². The maximum absolute atomic E-state index is 13.0. The summed E-state index contributed by atoms with van der Waals surface area (Å²) >= 11 is 0. The molecule has 0 heterocycles. The number of aliphatic hydroxyl groups is 8. The maximum Gasteiger partial charge on any atom is 0.232 e. The van der Waals surface area contributed by atoms with E-state index in [-0.39, 0.29) is 77.7 Å². The summed E-state index contributed by atoms with van der Waals surface area (Å²) in [6.07, 6.45) is 21.4. The third-order valence-electron chi connectivity index (χ3n) is 12.8. The van der Waals surface area contributed by atoms with Gasteiger partial charge in [-0.2, -0.15) is 0 Å². The monoisotopic (exact) mass is 1060 g/mol. The van der Waals surface area contributed by atoms with Crippen molar-refractivity contribution in [3.8, 4) is 0 Å². The zero-order valence-electron chi connectivity index (χ0n) is 42.6. The molecule has 0 bridgehead atoms. The first-order chi connectivity index (χ1) is 34.1. The molecule has 0 saturated carbocycles. The van der Waals surface area contributed by atoms with Crippen molar-refractivity contribution in [3.63, 3.8) is 0 Å². The highest BCUT2D eigenvalue weighted by molar-refractivity contribution is 6.35. The van der Waals surface area contributed by atoms with Gasteiger partial charge in [-0.3, -0.25) is 38.4 Å². The van der Waals surface area contributed by atoms with Crippen molar-refractivity contribution in [1.82, 2.24) is 0 Å². The van der Waals surface area contributed by atoms with E-state index < -0.39 is 115 Å². The molecule has 4 rings (SSSR count). The first-order valence-electron chi connectivity index (χ1n) is 25.1. The average Bonchev–Trinajstić information content (AvgIpc) is 3.34. The zero-order chi connectivity index (χ0) is 54.0. The molecule has 16 heteroatoms. The van der Waals surface area contributed by atoms with Crippen LogP contribution in [0.25, 0.3) is 0 Å². The summed E-state index contributed by atoms with van der Waals surface area (Å²) in [6, 6.07) is 0. The Balaban J connectivity index is 0. The van der Waals surface area contributed by atoms with Gasteiger partial charge >= 0.3 is 0 Å². The minimum atomic E-state index is -1.31. The first-order valence-corrected chi connectivity index (χ1v) is 25.1. The summed E-state index contributed by atoms with van der Waals surface area (Å²) < 4.78 is 0. The molecule has 4 aliphatic rings. The van der Waals surface area contributed by atoms with E-state index in [2.05, 4.69) is 13.8 Å². The molecular weight excluding hydrogens is 977 g/mol. The van der Waals surface area contributed by atoms with Crippen LogP contribution in [-0.4, -0.2) is 87.1 Å². The van der Waals surface area contributed by atoms with Crippen molar-refractivity contribution in [1.29, 1.82) is 0 Å². The van der Waals surface area contributed by atoms with Gasteiger partial charge in [0.05, 0.1) is 33.4 Å². The Kier molecular flexibility index (Phi) is 31.8. The van der Waals surface area contributed by atoms with E-state index in [1.54, 1.807) is 39.8 Å². The van der Waals surface area contributed by atoms with Crippen LogP contribution in [0.5, 0.6) is 0 Å². The topological polar surface area (TPSA) is 298 Å². The van der Waals surface area contributed by atoms with E-state index in [0.29, 0.717) is 12.8 Å². The molecule has 0 amide bonds. The number of carbonyl (C=O) groups excluding carboxylic acids is 8. The molecule has 8 N–H and O–H groups in total. The van der Waals surface area contributed by atoms with Crippen molar-refractivity contribution >= 4 is 46.3 Å². The van der Waals surface area contributed by atoms with Gasteiger partial charge < -0.3 is 40.9 Å². The second kappa shape index (κ2) is 34.0. The molecule has 76 heavy (non-hydrogen) atoms. The van der Waals surface area contributed by atoms with Crippen molar-refractivity contribution in [2.24, 2.45) is 0 Å². The second-order valence-electron chi connectivity index (χ2n) is 19.0.